The van der Waals surface area contributed by atoms with Crippen molar-refractivity contribution >= 4 is 46.5 Å². The number of nitrogens with zero attached hydrogens (tertiary/aromatic N) is 1. The summed E-state index contributed by atoms with van der Waals surface area (Å²) in [5.41, 5.74) is 5.15. The van der Waals surface area contributed by atoms with Crippen molar-refractivity contribution in [2.24, 2.45) is 0 Å². The van der Waals surface area contributed by atoms with Crippen molar-refractivity contribution in [3.63, 3.8) is 0 Å². The number of benzene rings is 1. The summed E-state index contributed by atoms with van der Waals surface area (Å²) < 4.78 is 10.8. The second-order valence-electron chi connectivity index (χ2n) is 7.88. The molecular formula is C31H41N2O5S. The monoisotopic (exact) mass is 553 g/mol. The van der Waals surface area contributed by atoms with Crippen LogP contribution in [-0.4, -0.2) is 40.5 Å². The smallest absolute Gasteiger partial charge is 0.292 e. The number of carbonyl (C=O) groups excluding carboxylic acids is 2. The Hall–Kier alpha value is -3.91. The van der Waals surface area contributed by atoms with Crippen LogP contribution >= 0.6 is 11.3 Å². The summed E-state index contributed by atoms with van der Waals surface area (Å²) in [6.07, 6.45) is 9.76. The summed E-state index contributed by atoms with van der Waals surface area (Å²) in [7, 11) is 3.21. The van der Waals surface area contributed by atoms with Gasteiger partial charge in [-0.25, -0.2) is 0 Å². The summed E-state index contributed by atoms with van der Waals surface area (Å²) in [6.45, 7) is 16.8. The van der Waals surface area contributed by atoms with E-state index in [0.29, 0.717) is 22.6 Å². The van der Waals surface area contributed by atoms with Crippen molar-refractivity contribution in [2.45, 2.75) is 33.6 Å². The van der Waals surface area contributed by atoms with Gasteiger partial charge in [-0.05, 0) is 44.4 Å². The highest BCUT2D eigenvalue weighted by molar-refractivity contribution is 7.17. The zero-order chi connectivity index (χ0) is 29.6. The second kappa shape index (κ2) is 21.1. The number of ether oxygens (including phenoxy) is 1. The van der Waals surface area contributed by atoms with Gasteiger partial charge in [0, 0.05) is 49.3 Å². The first-order valence-corrected chi connectivity index (χ1v) is 13.3. The number of anilines is 2. The van der Waals surface area contributed by atoms with Gasteiger partial charge in [-0.2, -0.15) is 0 Å². The lowest BCUT2D eigenvalue weighted by atomic mass is 10.1. The van der Waals surface area contributed by atoms with Gasteiger partial charge >= 0.3 is 0 Å². The highest BCUT2D eigenvalue weighted by Gasteiger charge is 2.18. The SMILES string of the molecule is C=CC.C=CC.C=O.CCCN(CCC1=C[CH]1)c1cc(=O)c2scc(-c3cccc(NC)c3)c2o1.COC=O. The molecule has 0 fully saturated rings. The number of hydrogen-bond acceptors (Lipinski definition) is 8. The van der Waals surface area contributed by atoms with E-state index >= 15 is 0 Å². The molecule has 0 bridgehead atoms. The maximum Gasteiger partial charge on any atom is 0.292 e. The number of fused-ring (bicyclic) bond motifs is 1. The first kappa shape index (κ1) is 35.1. The molecule has 2 heterocycles. The lowest BCUT2D eigenvalue weighted by molar-refractivity contribution is -0.126. The van der Waals surface area contributed by atoms with Crippen molar-refractivity contribution in [1.29, 1.82) is 0 Å². The molecule has 0 spiro atoms. The summed E-state index contributed by atoms with van der Waals surface area (Å²) in [4.78, 5) is 31.9. The Bertz CT molecular complexity index is 1220. The lowest BCUT2D eigenvalue weighted by Gasteiger charge is -2.22. The molecule has 39 heavy (non-hydrogen) atoms. The number of thiophene rings is 1. The summed E-state index contributed by atoms with van der Waals surface area (Å²) >= 11 is 1.45. The average Bonchev–Trinajstić information content (AvgIpc) is 3.69. The third-order valence-corrected chi connectivity index (χ3v) is 5.84. The minimum absolute atomic E-state index is 0.0329. The standard InChI is InChI=1S/C22H23N2O2S.2C3H6.C2H4O2.CH2O/c1-3-10-24(11-9-15-7-8-15)20-13-19(25)22-21(26-20)18(14-27-22)16-5-4-6-17(12-16)23-2;2*1-3-2;1-4-2-3;1-2/h4-8,12-14,23H,3,9-11H2,1-2H3;2*3H,1H2,2H3;2H,1H3;1H2. The van der Waals surface area contributed by atoms with E-state index in [2.05, 4.69) is 53.6 Å². The Morgan fingerprint density at radius 1 is 1.13 bits per heavy atom. The molecule has 0 saturated heterocycles. The fraction of sp³-hybridized carbons (Fsp3) is 0.290. The average molecular weight is 554 g/mol. The second-order valence-corrected chi connectivity index (χ2v) is 8.76. The molecule has 0 saturated carbocycles. The van der Waals surface area contributed by atoms with Crippen LogP contribution in [0.1, 0.15) is 33.6 Å². The fourth-order valence-electron chi connectivity index (χ4n) is 3.22. The number of nitrogens with one attached hydrogen (secondary N) is 1. The van der Waals surface area contributed by atoms with Crippen molar-refractivity contribution in [3.05, 3.63) is 89.3 Å². The van der Waals surface area contributed by atoms with E-state index in [9.17, 15) is 4.79 Å². The number of rotatable bonds is 9. The van der Waals surface area contributed by atoms with Gasteiger partial charge in [-0.1, -0.05) is 42.9 Å². The summed E-state index contributed by atoms with van der Waals surface area (Å²) in [6, 6.07) is 9.80. The van der Waals surface area contributed by atoms with Crippen LogP contribution in [0.5, 0.6) is 0 Å². The van der Waals surface area contributed by atoms with Crippen molar-refractivity contribution in [3.8, 4) is 11.1 Å². The maximum atomic E-state index is 12.7. The first-order chi connectivity index (χ1) is 18.9. The van der Waals surface area contributed by atoms with E-state index in [1.807, 2.05) is 51.3 Å². The highest BCUT2D eigenvalue weighted by Crippen LogP contribution is 2.35. The summed E-state index contributed by atoms with van der Waals surface area (Å²) in [5.74, 6) is 0.667. The molecule has 1 aromatic carbocycles. The molecule has 1 aliphatic rings. The van der Waals surface area contributed by atoms with Crippen molar-refractivity contribution in [2.75, 3.05) is 37.5 Å². The van der Waals surface area contributed by atoms with Gasteiger partial charge in [0.2, 0.25) is 5.43 Å². The number of methoxy groups -OCH3 is 1. The molecule has 2 aromatic heterocycles. The Balaban J connectivity index is 0.00000104. The molecule has 0 aliphatic heterocycles. The minimum atomic E-state index is 0.0329. The number of carbonyl (C=O) groups is 2. The van der Waals surface area contributed by atoms with Crippen LogP contribution in [0.15, 0.2) is 81.9 Å². The van der Waals surface area contributed by atoms with Gasteiger partial charge in [0.15, 0.2) is 11.5 Å². The van der Waals surface area contributed by atoms with Crippen LogP contribution in [0.4, 0.5) is 11.6 Å². The maximum absolute atomic E-state index is 12.7. The van der Waals surface area contributed by atoms with Crippen molar-refractivity contribution in [1.82, 2.24) is 0 Å². The van der Waals surface area contributed by atoms with Crippen LogP contribution in [0.25, 0.3) is 21.4 Å². The van der Waals surface area contributed by atoms with Gasteiger partial charge in [-0.15, -0.1) is 24.5 Å². The molecule has 0 atom stereocenters. The van der Waals surface area contributed by atoms with Crippen LogP contribution in [-0.2, 0) is 14.3 Å². The van der Waals surface area contributed by atoms with E-state index in [-0.39, 0.29) is 5.43 Å². The van der Waals surface area contributed by atoms with E-state index in [0.717, 1.165) is 42.7 Å². The van der Waals surface area contributed by atoms with E-state index in [1.165, 1.54) is 24.0 Å². The van der Waals surface area contributed by atoms with Crippen molar-refractivity contribution < 1.29 is 18.7 Å². The third kappa shape index (κ3) is 12.5. The molecular weight excluding hydrogens is 512 g/mol. The predicted octanol–water partition coefficient (Wildman–Crippen LogP) is 7.30. The first-order valence-electron chi connectivity index (χ1n) is 12.5. The topological polar surface area (TPSA) is 88.8 Å². The normalized spacial score (nSPS) is 10.2. The molecule has 4 rings (SSSR count). The van der Waals surface area contributed by atoms with E-state index in [4.69, 9.17) is 14.0 Å². The zero-order valence-corrected chi connectivity index (χ0v) is 24.5. The Morgan fingerprint density at radius 3 is 2.26 bits per heavy atom. The van der Waals surface area contributed by atoms with Gasteiger partial charge in [0.05, 0.1) is 7.11 Å². The molecule has 1 radical (unpaired) electrons. The van der Waals surface area contributed by atoms with Gasteiger partial charge in [0.25, 0.3) is 6.47 Å². The predicted molar refractivity (Wildman–Crippen MR) is 167 cm³/mol. The molecule has 0 amide bonds. The van der Waals surface area contributed by atoms with Crippen LogP contribution in [0, 0.1) is 6.42 Å². The number of hydrogen-bond donors (Lipinski definition) is 1. The Morgan fingerprint density at radius 2 is 1.74 bits per heavy atom. The quantitative estimate of drug-likeness (QED) is 0.220. The molecule has 1 aliphatic carbocycles. The molecule has 8 heteroatoms. The lowest BCUT2D eigenvalue weighted by Crippen LogP contribution is -2.26. The zero-order valence-electron chi connectivity index (χ0n) is 23.7. The molecule has 0 unspecified atom stereocenters. The number of allylic oxidation sites excluding steroid dienone is 3. The Labute approximate surface area is 236 Å². The molecule has 3 aromatic rings. The van der Waals surface area contributed by atoms with Crippen LogP contribution < -0.4 is 15.6 Å². The molecule has 1 N–H and O–H groups in total. The highest BCUT2D eigenvalue weighted by atomic mass is 32.1. The molecule has 211 valence electrons. The van der Waals surface area contributed by atoms with Gasteiger partial charge in [0.1, 0.15) is 11.5 Å². The van der Waals surface area contributed by atoms with E-state index in [1.54, 1.807) is 18.2 Å². The van der Waals surface area contributed by atoms with Crippen LogP contribution in [0.3, 0.4) is 0 Å². The van der Waals surface area contributed by atoms with Gasteiger partial charge in [-0.3, -0.25) is 9.59 Å². The summed E-state index contributed by atoms with van der Waals surface area (Å²) in [5, 5.41) is 5.18. The van der Waals surface area contributed by atoms with Gasteiger partial charge < -0.3 is 24.2 Å². The van der Waals surface area contributed by atoms with Crippen LogP contribution in [0.2, 0.25) is 0 Å². The molecule has 7 nitrogen and oxygen atoms in total. The Kier molecular flexibility index (Phi) is 19.0. The van der Waals surface area contributed by atoms with E-state index < -0.39 is 0 Å². The third-order valence-electron chi connectivity index (χ3n) is 4.87. The largest absolute Gasteiger partial charge is 0.471 e. The minimum Gasteiger partial charge on any atom is -0.471 e. The fourth-order valence-corrected chi connectivity index (χ4v) is 4.13.